The molecule has 2 atom stereocenters. The number of fused-ring (bicyclic) bond motifs is 1. The Morgan fingerprint density at radius 1 is 1.13 bits per heavy atom. The number of alkyl halides is 1. The van der Waals surface area contributed by atoms with Gasteiger partial charge in [-0.25, -0.2) is 9.07 Å². The van der Waals surface area contributed by atoms with Gasteiger partial charge in [-0.3, -0.25) is 0 Å². The highest BCUT2D eigenvalue weighted by atomic mass is 19.1. The Hall–Kier alpha value is -3.33. The highest BCUT2D eigenvalue weighted by molar-refractivity contribution is 5.81. The van der Waals surface area contributed by atoms with Crippen LogP contribution in [0.3, 0.4) is 0 Å². The lowest BCUT2D eigenvalue weighted by Gasteiger charge is -2.51. The average Bonchev–Trinajstić information content (AvgIpc) is 3.42. The Labute approximate surface area is 177 Å². The largest absolute Gasteiger partial charge is 0.507 e. The number of benzene rings is 1. The number of halogens is 1. The molecule has 0 radical (unpaired) electrons. The van der Waals surface area contributed by atoms with Crippen LogP contribution in [-0.4, -0.2) is 53.1 Å². The maximum absolute atomic E-state index is 15.4. The number of rotatable bonds is 3. The lowest BCUT2D eigenvalue weighted by atomic mass is 9.69. The van der Waals surface area contributed by atoms with E-state index >= 15 is 4.39 Å². The number of nitrogens with one attached hydrogen (secondary N) is 1. The summed E-state index contributed by atoms with van der Waals surface area (Å²) in [6.07, 6.45) is 7.83. The molecule has 9 heteroatoms. The molecule has 31 heavy (non-hydrogen) atoms. The smallest absolute Gasteiger partial charge is 0.162 e. The molecule has 0 amide bonds. The highest BCUT2D eigenvalue weighted by Crippen LogP contribution is 2.44. The van der Waals surface area contributed by atoms with Crippen molar-refractivity contribution in [3.05, 3.63) is 48.9 Å². The SMILES string of the molecule is Oc1cc(-n2ccnn2)ccc1-c1cc2ccn([C@H]3CCNC4(CCC4)[C@H]3F)c2nn1. The van der Waals surface area contributed by atoms with E-state index in [9.17, 15) is 5.11 Å². The quantitative estimate of drug-likeness (QED) is 0.530. The molecule has 158 valence electrons. The molecule has 4 aromatic rings. The summed E-state index contributed by atoms with van der Waals surface area (Å²) in [4.78, 5) is 0. The standard InChI is InChI=1S/C22H22FN7O/c23-20-18(4-8-24-22(20)6-1-7-22)29-10-5-14-12-17(26-27-21(14)29)16-3-2-15(13-19(16)31)30-11-9-25-28-30/h2-3,5,9-13,18,20,24,31H,1,4,6-8H2/t18-,20-/m0/s1. The lowest BCUT2D eigenvalue weighted by Crippen LogP contribution is -2.63. The van der Waals surface area contributed by atoms with Crippen LogP contribution < -0.4 is 5.32 Å². The first-order valence-electron chi connectivity index (χ1n) is 10.6. The topological polar surface area (TPSA) is 93.7 Å². The van der Waals surface area contributed by atoms with Crippen molar-refractivity contribution in [3.63, 3.8) is 0 Å². The van der Waals surface area contributed by atoms with Gasteiger partial charge in [-0.1, -0.05) is 5.21 Å². The van der Waals surface area contributed by atoms with Crippen LogP contribution in [0.1, 0.15) is 31.7 Å². The fourth-order valence-corrected chi connectivity index (χ4v) is 4.95. The second kappa shape index (κ2) is 6.84. The van der Waals surface area contributed by atoms with Gasteiger partial charge >= 0.3 is 0 Å². The summed E-state index contributed by atoms with van der Waals surface area (Å²) < 4.78 is 18.9. The molecular weight excluding hydrogens is 397 g/mol. The second-order valence-electron chi connectivity index (χ2n) is 8.47. The molecule has 2 N–H and O–H groups in total. The first kappa shape index (κ1) is 18.4. The molecule has 2 aliphatic rings. The summed E-state index contributed by atoms with van der Waals surface area (Å²) in [6.45, 7) is 0.808. The van der Waals surface area contributed by atoms with Crippen LogP contribution >= 0.6 is 0 Å². The Morgan fingerprint density at radius 3 is 2.77 bits per heavy atom. The van der Waals surface area contributed by atoms with E-state index in [0.717, 1.165) is 37.6 Å². The summed E-state index contributed by atoms with van der Waals surface area (Å²) in [6, 6.07) is 8.81. The zero-order valence-electron chi connectivity index (χ0n) is 16.8. The Bertz CT molecular complexity index is 1250. The van der Waals surface area contributed by atoms with Gasteiger partial charge in [0, 0.05) is 23.2 Å². The predicted octanol–water partition coefficient (Wildman–Crippen LogP) is 3.18. The maximum atomic E-state index is 15.4. The van der Waals surface area contributed by atoms with Crippen LogP contribution in [0.25, 0.3) is 28.0 Å². The average molecular weight is 419 g/mol. The molecule has 1 saturated carbocycles. The minimum Gasteiger partial charge on any atom is -0.507 e. The van der Waals surface area contributed by atoms with Crippen LogP contribution in [-0.2, 0) is 0 Å². The number of nitrogens with zero attached hydrogens (tertiary/aromatic N) is 6. The molecule has 2 fully saturated rings. The fourth-order valence-electron chi connectivity index (χ4n) is 4.95. The number of aromatic nitrogens is 6. The molecule has 1 saturated heterocycles. The first-order chi connectivity index (χ1) is 15.1. The van der Waals surface area contributed by atoms with Gasteiger partial charge in [0.2, 0.25) is 0 Å². The molecule has 6 rings (SSSR count). The Balaban J connectivity index is 1.34. The van der Waals surface area contributed by atoms with Crippen LogP contribution in [0.5, 0.6) is 5.75 Å². The van der Waals surface area contributed by atoms with Gasteiger partial charge in [0.05, 0.1) is 35.4 Å². The van der Waals surface area contributed by atoms with E-state index in [-0.39, 0.29) is 17.3 Å². The third-order valence-electron chi connectivity index (χ3n) is 6.79. The predicted molar refractivity (Wildman–Crippen MR) is 113 cm³/mol. The molecule has 4 heterocycles. The normalized spacial score (nSPS) is 22.6. The summed E-state index contributed by atoms with van der Waals surface area (Å²) in [5.74, 6) is 0.0789. The fraction of sp³-hybridized carbons (Fsp3) is 0.364. The van der Waals surface area contributed by atoms with Crippen molar-refractivity contribution in [1.29, 1.82) is 0 Å². The number of piperidine rings is 1. The van der Waals surface area contributed by atoms with E-state index in [1.54, 1.807) is 29.2 Å². The summed E-state index contributed by atoms with van der Waals surface area (Å²) >= 11 is 0. The molecule has 0 bridgehead atoms. The molecule has 0 unspecified atom stereocenters. The van der Waals surface area contributed by atoms with Crippen molar-refractivity contribution < 1.29 is 9.50 Å². The van der Waals surface area contributed by atoms with Crippen LogP contribution in [0.15, 0.2) is 48.9 Å². The lowest BCUT2D eigenvalue weighted by molar-refractivity contribution is 0.00656. The van der Waals surface area contributed by atoms with E-state index in [2.05, 4.69) is 25.8 Å². The van der Waals surface area contributed by atoms with Crippen molar-refractivity contribution >= 4 is 11.0 Å². The first-order valence-corrected chi connectivity index (χ1v) is 10.6. The van der Waals surface area contributed by atoms with E-state index in [0.29, 0.717) is 22.6 Å². The number of phenolic OH excluding ortho intramolecular Hbond substituents is 1. The van der Waals surface area contributed by atoms with Gasteiger partial charge < -0.3 is 15.0 Å². The minimum atomic E-state index is -0.944. The van der Waals surface area contributed by atoms with Crippen LogP contribution in [0.4, 0.5) is 4.39 Å². The number of phenols is 1. The van der Waals surface area contributed by atoms with Gasteiger partial charge in [-0.15, -0.1) is 15.3 Å². The van der Waals surface area contributed by atoms with Gasteiger partial charge in [-0.2, -0.15) is 0 Å². The molecule has 1 aliphatic heterocycles. The van der Waals surface area contributed by atoms with E-state index < -0.39 is 6.17 Å². The molecule has 1 aromatic carbocycles. The summed E-state index contributed by atoms with van der Waals surface area (Å²) in [7, 11) is 0. The highest BCUT2D eigenvalue weighted by Gasteiger charge is 2.50. The monoisotopic (exact) mass is 419 g/mol. The van der Waals surface area contributed by atoms with Crippen molar-refractivity contribution in [2.75, 3.05) is 6.54 Å². The minimum absolute atomic E-state index is 0.0789. The van der Waals surface area contributed by atoms with Crippen molar-refractivity contribution in [1.82, 2.24) is 35.1 Å². The van der Waals surface area contributed by atoms with Crippen molar-refractivity contribution in [2.45, 2.75) is 43.4 Å². The molecule has 1 aliphatic carbocycles. The Kier molecular flexibility index (Phi) is 4.07. The zero-order valence-corrected chi connectivity index (χ0v) is 16.8. The Morgan fingerprint density at radius 2 is 2.03 bits per heavy atom. The van der Waals surface area contributed by atoms with Crippen LogP contribution in [0, 0.1) is 0 Å². The van der Waals surface area contributed by atoms with Gasteiger partial charge in [0.1, 0.15) is 11.9 Å². The number of hydrogen-bond donors (Lipinski definition) is 2. The van der Waals surface area contributed by atoms with E-state index in [1.807, 2.05) is 29.0 Å². The van der Waals surface area contributed by atoms with Crippen LogP contribution in [0.2, 0.25) is 0 Å². The number of hydrogen-bond acceptors (Lipinski definition) is 6. The zero-order chi connectivity index (χ0) is 21.0. The van der Waals surface area contributed by atoms with Gasteiger partial charge in [-0.05, 0) is 56.5 Å². The molecular formula is C22H22FN7O. The number of aromatic hydroxyl groups is 1. The maximum Gasteiger partial charge on any atom is 0.162 e. The third kappa shape index (κ3) is 2.83. The second-order valence-corrected chi connectivity index (χ2v) is 8.47. The molecule has 8 nitrogen and oxygen atoms in total. The van der Waals surface area contributed by atoms with E-state index in [1.165, 1.54) is 0 Å². The van der Waals surface area contributed by atoms with E-state index in [4.69, 9.17) is 0 Å². The third-order valence-corrected chi connectivity index (χ3v) is 6.79. The summed E-state index contributed by atoms with van der Waals surface area (Å²) in [5.41, 5.74) is 2.13. The van der Waals surface area contributed by atoms with Gasteiger partial charge in [0.15, 0.2) is 5.65 Å². The van der Waals surface area contributed by atoms with Crippen molar-refractivity contribution in [3.8, 4) is 22.7 Å². The van der Waals surface area contributed by atoms with Crippen molar-refractivity contribution in [2.24, 2.45) is 0 Å². The van der Waals surface area contributed by atoms with Gasteiger partial charge in [0.25, 0.3) is 0 Å². The molecule has 3 aromatic heterocycles. The molecule has 1 spiro atoms. The summed E-state index contributed by atoms with van der Waals surface area (Å²) in [5, 5.41) is 31.3.